The van der Waals surface area contributed by atoms with Crippen LogP contribution in [0.5, 0.6) is 0 Å². The van der Waals surface area contributed by atoms with Crippen LogP contribution >= 0.6 is 0 Å². The number of nitrogen functional groups attached to an aromatic ring is 1. The standard InChI is InChI=1S/C15H17NO2/c1-2-10(9-14(17)18)15-12-6-4-3-5-11(12)7-8-13(15)16/h3-8,10H,2,9,16H2,1H3,(H,17,18). The van der Waals surface area contributed by atoms with Gasteiger partial charge in [0.1, 0.15) is 0 Å². The van der Waals surface area contributed by atoms with E-state index in [1.165, 1.54) is 0 Å². The highest BCUT2D eigenvalue weighted by molar-refractivity contribution is 5.90. The molecule has 0 aromatic heterocycles. The maximum absolute atomic E-state index is 10.9. The van der Waals surface area contributed by atoms with Gasteiger partial charge in [0.2, 0.25) is 0 Å². The summed E-state index contributed by atoms with van der Waals surface area (Å²) in [5.41, 5.74) is 7.70. The third-order valence-electron chi connectivity index (χ3n) is 3.33. The van der Waals surface area contributed by atoms with E-state index in [0.717, 1.165) is 22.8 Å². The van der Waals surface area contributed by atoms with Crippen molar-refractivity contribution >= 4 is 22.4 Å². The molecule has 0 fully saturated rings. The largest absolute Gasteiger partial charge is 0.481 e. The third kappa shape index (κ3) is 2.30. The van der Waals surface area contributed by atoms with Crippen molar-refractivity contribution in [1.29, 1.82) is 0 Å². The van der Waals surface area contributed by atoms with Crippen LogP contribution in [-0.4, -0.2) is 11.1 Å². The van der Waals surface area contributed by atoms with Crippen molar-refractivity contribution in [3.63, 3.8) is 0 Å². The average Bonchev–Trinajstić information content (AvgIpc) is 2.36. The normalized spacial score (nSPS) is 12.5. The quantitative estimate of drug-likeness (QED) is 0.809. The molecule has 3 nitrogen and oxygen atoms in total. The summed E-state index contributed by atoms with van der Waals surface area (Å²) in [6.07, 6.45) is 0.888. The molecule has 3 N–H and O–H groups in total. The molecule has 0 radical (unpaired) electrons. The van der Waals surface area contributed by atoms with Gasteiger partial charge in [-0.05, 0) is 34.7 Å². The molecule has 0 spiro atoms. The van der Waals surface area contributed by atoms with Gasteiger partial charge in [-0.3, -0.25) is 4.79 Å². The van der Waals surface area contributed by atoms with E-state index in [-0.39, 0.29) is 12.3 Å². The first-order valence-corrected chi connectivity index (χ1v) is 6.12. The van der Waals surface area contributed by atoms with Crippen LogP contribution < -0.4 is 5.73 Å². The highest BCUT2D eigenvalue weighted by Gasteiger charge is 2.18. The molecular formula is C15H17NO2. The number of carboxylic acids is 1. The minimum Gasteiger partial charge on any atom is -0.481 e. The van der Waals surface area contributed by atoms with E-state index in [1.54, 1.807) is 0 Å². The minimum atomic E-state index is -0.783. The molecule has 1 unspecified atom stereocenters. The zero-order valence-corrected chi connectivity index (χ0v) is 10.4. The van der Waals surface area contributed by atoms with Crippen molar-refractivity contribution in [2.75, 3.05) is 5.73 Å². The molecule has 0 saturated heterocycles. The van der Waals surface area contributed by atoms with Crippen LogP contribution in [-0.2, 0) is 4.79 Å². The fourth-order valence-electron chi connectivity index (χ4n) is 2.43. The van der Waals surface area contributed by atoms with Crippen LogP contribution in [0.25, 0.3) is 10.8 Å². The van der Waals surface area contributed by atoms with Crippen molar-refractivity contribution in [1.82, 2.24) is 0 Å². The van der Waals surface area contributed by atoms with Crippen LogP contribution in [0.3, 0.4) is 0 Å². The van der Waals surface area contributed by atoms with Crippen molar-refractivity contribution in [2.24, 2.45) is 0 Å². The number of benzene rings is 2. The van der Waals surface area contributed by atoms with E-state index in [9.17, 15) is 4.79 Å². The number of hydrogen-bond acceptors (Lipinski definition) is 2. The minimum absolute atomic E-state index is 0.0337. The number of carboxylic acid groups (broad SMARTS) is 1. The van der Waals surface area contributed by atoms with Gasteiger partial charge in [-0.1, -0.05) is 37.3 Å². The molecule has 3 heteroatoms. The van der Waals surface area contributed by atoms with Gasteiger partial charge in [-0.2, -0.15) is 0 Å². The number of aliphatic carboxylic acids is 1. The second-order valence-corrected chi connectivity index (χ2v) is 4.49. The Morgan fingerprint density at radius 2 is 2.00 bits per heavy atom. The summed E-state index contributed by atoms with van der Waals surface area (Å²) >= 11 is 0. The van der Waals surface area contributed by atoms with Crippen LogP contribution in [0.1, 0.15) is 31.2 Å². The first kappa shape index (κ1) is 12.4. The zero-order valence-electron chi connectivity index (χ0n) is 10.4. The second-order valence-electron chi connectivity index (χ2n) is 4.49. The molecule has 0 aliphatic heterocycles. The summed E-state index contributed by atoms with van der Waals surface area (Å²) in [5, 5.41) is 11.2. The lowest BCUT2D eigenvalue weighted by atomic mass is 9.88. The van der Waals surface area contributed by atoms with Gasteiger partial charge in [0.15, 0.2) is 0 Å². The van der Waals surface area contributed by atoms with Crippen molar-refractivity contribution < 1.29 is 9.90 Å². The Morgan fingerprint density at radius 1 is 1.28 bits per heavy atom. The van der Waals surface area contributed by atoms with E-state index in [2.05, 4.69) is 0 Å². The Balaban J connectivity index is 2.60. The lowest BCUT2D eigenvalue weighted by Crippen LogP contribution is -2.08. The Labute approximate surface area is 106 Å². The van der Waals surface area contributed by atoms with Gasteiger partial charge >= 0.3 is 5.97 Å². The van der Waals surface area contributed by atoms with Crippen LogP contribution in [0, 0.1) is 0 Å². The summed E-state index contributed by atoms with van der Waals surface area (Å²) in [6, 6.07) is 11.8. The number of fused-ring (bicyclic) bond motifs is 1. The molecule has 0 heterocycles. The highest BCUT2D eigenvalue weighted by atomic mass is 16.4. The number of hydrogen-bond donors (Lipinski definition) is 2. The molecule has 1 atom stereocenters. The van der Waals surface area contributed by atoms with E-state index in [4.69, 9.17) is 10.8 Å². The second kappa shape index (κ2) is 5.08. The predicted octanol–water partition coefficient (Wildman–Crippen LogP) is 3.39. The first-order chi connectivity index (χ1) is 8.63. The predicted molar refractivity (Wildman–Crippen MR) is 73.6 cm³/mol. The number of rotatable bonds is 4. The lowest BCUT2D eigenvalue weighted by Gasteiger charge is -2.18. The summed E-state index contributed by atoms with van der Waals surface area (Å²) in [7, 11) is 0. The lowest BCUT2D eigenvalue weighted by molar-refractivity contribution is -0.137. The van der Waals surface area contributed by atoms with Gasteiger partial charge in [-0.15, -0.1) is 0 Å². The van der Waals surface area contributed by atoms with E-state index >= 15 is 0 Å². The molecule has 18 heavy (non-hydrogen) atoms. The Kier molecular flexibility index (Phi) is 3.51. The maximum Gasteiger partial charge on any atom is 0.303 e. The van der Waals surface area contributed by atoms with Crippen molar-refractivity contribution in [3.8, 4) is 0 Å². The van der Waals surface area contributed by atoms with Crippen molar-refractivity contribution in [3.05, 3.63) is 42.0 Å². The van der Waals surface area contributed by atoms with E-state index in [1.807, 2.05) is 43.3 Å². The third-order valence-corrected chi connectivity index (χ3v) is 3.33. The number of nitrogens with two attached hydrogens (primary N) is 1. The maximum atomic E-state index is 10.9. The number of carbonyl (C=O) groups is 1. The summed E-state index contributed by atoms with van der Waals surface area (Å²) in [5.74, 6) is -0.817. The van der Waals surface area contributed by atoms with E-state index in [0.29, 0.717) is 5.69 Å². The Hall–Kier alpha value is -2.03. The Morgan fingerprint density at radius 3 is 2.67 bits per heavy atom. The molecule has 0 bridgehead atoms. The van der Waals surface area contributed by atoms with Gasteiger partial charge in [-0.25, -0.2) is 0 Å². The fraction of sp³-hybridized carbons (Fsp3) is 0.267. The smallest absolute Gasteiger partial charge is 0.303 e. The Bertz CT molecular complexity index is 578. The van der Waals surface area contributed by atoms with Gasteiger partial charge < -0.3 is 10.8 Å². The SMILES string of the molecule is CCC(CC(=O)O)c1c(N)ccc2ccccc12. The summed E-state index contributed by atoms with van der Waals surface area (Å²) in [6.45, 7) is 1.99. The molecular weight excluding hydrogens is 226 g/mol. The van der Waals surface area contributed by atoms with Crippen molar-refractivity contribution in [2.45, 2.75) is 25.7 Å². The fourth-order valence-corrected chi connectivity index (χ4v) is 2.43. The zero-order chi connectivity index (χ0) is 13.1. The molecule has 0 aliphatic carbocycles. The molecule has 0 saturated carbocycles. The topological polar surface area (TPSA) is 63.3 Å². The van der Waals surface area contributed by atoms with E-state index < -0.39 is 5.97 Å². The highest BCUT2D eigenvalue weighted by Crippen LogP contribution is 2.34. The summed E-state index contributed by atoms with van der Waals surface area (Å²) < 4.78 is 0. The molecule has 0 amide bonds. The van der Waals surface area contributed by atoms with Gasteiger partial charge in [0.25, 0.3) is 0 Å². The van der Waals surface area contributed by atoms with Gasteiger partial charge in [0.05, 0.1) is 6.42 Å². The van der Waals surface area contributed by atoms with Gasteiger partial charge in [0, 0.05) is 5.69 Å². The average molecular weight is 243 g/mol. The molecule has 0 aliphatic rings. The molecule has 2 aromatic rings. The molecule has 2 aromatic carbocycles. The molecule has 2 rings (SSSR count). The molecule has 94 valence electrons. The first-order valence-electron chi connectivity index (χ1n) is 6.12. The monoisotopic (exact) mass is 243 g/mol. The van der Waals surface area contributed by atoms with Crippen LogP contribution in [0.2, 0.25) is 0 Å². The van der Waals surface area contributed by atoms with Crippen LogP contribution in [0.4, 0.5) is 5.69 Å². The van der Waals surface area contributed by atoms with Crippen LogP contribution in [0.15, 0.2) is 36.4 Å². The number of anilines is 1. The summed E-state index contributed by atoms with van der Waals surface area (Å²) in [4.78, 5) is 10.9.